The van der Waals surface area contributed by atoms with E-state index in [0.717, 1.165) is 22.8 Å². The second-order valence-electron chi connectivity index (χ2n) is 6.68. The number of benzene rings is 2. The summed E-state index contributed by atoms with van der Waals surface area (Å²) in [6.07, 6.45) is 2.72. The standard InChI is InChI=1S/C20H23NO4/c1-25-20(9-4-10-20)19(24)21-13-17(18(22)23)12-14-7-8-15-5-2-3-6-16(15)11-14/h2-3,5-8,11,17H,4,9-10,12-13H2,1H3,(H,21,24)(H,22,23). The number of aliphatic carboxylic acids is 1. The molecule has 0 saturated heterocycles. The zero-order chi connectivity index (χ0) is 17.9. The van der Waals surface area contributed by atoms with Gasteiger partial charge in [-0.2, -0.15) is 0 Å². The van der Waals surface area contributed by atoms with Crippen LogP contribution >= 0.6 is 0 Å². The van der Waals surface area contributed by atoms with Crippen LogP contribution in [0.2, 0.25) is 0 Å². The maximum Gasteiger partial charge on any atom is 0.308 e. The summed E-state index contributed by atoms with van der Waals surface area (Å²) in [5, 5.41) is 14.5. The van der Waals surface area contributed by atoms with Crippen molar-refractivity contribution in [1.29, 1.82) is 0 Å². The number of nitrogens with one attached hydrogen (secondary N) is 1. The number of carboxylic acid groups (broad SMARTS) is 1. The Labute approximate surface area is 147 Å². The Morgan fingerprint density at radius 1 is 1.20 bits per heavy atom. The molecule has 0 bridgehead atoms. The first-order valence-electron chi connectivity index (χ1n) is 8.58. The Hall–Kier alpha value is -2.40. The van der Waals surface area contributed by atoms with Gasteiger partial charge in [0.15, 0.2) is 0 Å². The van der Waals surface area contributed by atoms with Gasteiger partial charge in [0.1, 0.15) is 5.60 Å². The minimum atomic E-state index is -0.909. The van der Waals surface area contributed by atoms with Crippen molar-refractivity contribution < 1.29 is 19.4 Å². The Balaban J connectivity index is 1.66. The van der Waals surface area contributed by atoms with E-state index in [4.69, 9.17) is 4.74 Å². The van der Waals surface area contributed by atoms with Gasteiger partial charge in [-0.05, 0) is 42.0 Å². The van der Waals surface area contributed by atoms with E-state index < -0.39 is 17.5 Å². The lowest BCUT2D eigenvalue weighted by molar-refractivity contribution is -0.154. The summed E-state index contributed by atoms with van der Waals surface area (Å²) in [6.45, 7) is 0.103. The molecule has 2 N–H and O–H groups in total. The van der Waals surface area contributed by atoms with Gasteiger partial charge < -0.3 is 15.2 Å². The molecule has 5 heteroatoms. The molecular formula is C20H23NO4. The van der Waals surface area contributed by atoms with Crippen molar-refractivity contribution in [1.82, 2.24) is 5.32 Å². The fraction of sp³-hybridized carbons (Fsp3) is 0.400. The molecule has 25 heavy (non-hydrogen) atoms. The molecule has 1 unspecified atom stereocenters. The fourth-order valence-corrected chi connectivity index (χ4v) is 3.30. The predicted molar refractivity (Wildman–Crippen MR) is 95.4 cm³/mol. The number of amides is 1. The highest BCUT2D eigenvalue weighted by atomic mass is 16.5. The molecule has 1 saturated carbocycles. The van der Waals surface area contributed by atoms with Gasteiger partial charge >= 0.3 is 5.97 Å². The Morgan fingerprint density at radius 3 is 2.52 bits per heavy atom. The number of carboxylic acids is 1. The van der Waals surface area contributed by atoms with E-state index >= 15 is 0 Å². The molecule has 5 nitrogen and oxygen atoms in total. The third-order valence-electron chi connectivity index (χ3n) is 5.12. The summed E-state index contributed by atoms with van der Waals surface area (Å²) in [7, 11) is 1.53. The zero-order valence-corrected chi connectivity index (χ0v) is 14.3. The molecule has 1 aliphatic rings. The number of hydrogen-bond donors (Lipinski definition) is 2. The Kier molecular flexibility index (Phi) is 5.04. The van der Waals surface area contributed by atoms with Gasteiger partial charge in [0.05, 0.1) is 5.92 Å². The molecule has 2 aromatic carbocycles. The van der Waals surface area contributed by atoms with E-state index in [-0.39, 0.29) is 12.5 Å². The van der Waals surface area contributed by atoms with Crippen LogP contribution in [0.5, 0.6) is 0 Å². The molecule has 1 fully saturated rings. The Morgan fingerprint density at radius 2 is 1.92 bits per heavy atom. The Bertz CT molecular complexity index is 777. The minimum Gasteiger partial charge on any atom is -0.481 e. The van der Waals surface area contributed by atoms with Gasteiger partial charge in [0.25, 0.3) is 5.91 Å². The van der Waals surface area contributed by atoms with Gasteiger partial charge in [-0.25, -0.2) is 0 Å². The molecule has 1 aliphatic carbocycles. The summed E-state index contributed by atoms with van der Waals surface area (Å²) in [5.74, 6) is -1.78. The average molecular weight is 341 g/mol. The second-order valence-corrected chi connectivity index (χ2v) is 6.68. The number of fused-ring (bicyclic) bond motifs is 1. The first-order valence-corrected chi connectivity index (χ1v) is 8.58. The lowest BCUT2D eigenvalue weighted by atomic mass is 9.79. The highest BCUT2D eigenvalue weighted by Gasteiger charge is 2.44. The summed E-state index contributed by atoms with van der Waals surface area (Å²) < 4.78 is 5.34. The fourth-order valence-electron chi connectivity index (χ4n) is 3.30. The van der Waals surface area contributed by atoms with Crippen LogP contribution in [-0.4, -0.2) is 36.2 Å². The van der Waals surface area contributed by atoms with Crippen molar-refractivity contribution in [2.75, 3.05) is 13.7 Å². The molecule has 1 amide bonds. The summed E-state index contributed by atoms with van der Waals surface area (Å²) >= 11 is 0. The second kappa shape index (κ2) is 7.23. The highest BCUT2D eigenvalue weighted by molar-refractivity contribution is 5.86. The number of hydrogen-bond acceptors (Lipinski definition) is 3. The van der Waals surface area contributed by atoms with E-state index in [0.29, 0.717) is 19.3 Å². The topological polar surface area (TPSA) is 75.6 Å². The zero-order valence-electron chi connectivity index (χ0n) is 14.3. The van der Waals surface area contributed by atoms with Crippen LogP contribution in [0.15, 0.2) is 42.5 Å². The van der Waals surface area contributed by atoms with Crippen LogP contribution in [0.3, 0.4) is 0 Å². The molecule has 2 aromatic rings. The summed E-state index contributed by atoms with van der Waals surface area (Å²) in [6, 6.07) is 13.9. The molecular weight excluding hydrogens is 318 g/mol. The number of ether oxygens (including phenoxy) is 1. The van der Waals surface area contributed by atoms with Crippen molar-refractivity contribution in [2.45, 2.75) is 31.3 Å². The van der Waals surface area contributed by atoms with E-state index in [2.05, 4.69) is 5.32 Å². The number of carbonyl (C=O) groups excluding carboxylic acids is 1. The van der Waals surface area contributed by atoms with Crippen LogP contribution in [-0.2, 0) is 20.7 Å². The molecule has 132 valence electrons. The van der Waals surface area contributed by atoms with Crippen molar-refractivity contribution in [3.63, 3.8) is 0 Å². The van der Waals surface area contributed by atoms with Crippen molar-refractivity contribution in [2.24, 2.45) is 5.92 Å². The third kappa shape index (κ3) is 3.66. The van der Waals surface area contributed by atoms with Crippen LogP contribution in [0.25, 0.3) is 10.8 Å². The van der Waals surface area contributed by atoms with Gasteiger partial charge in [-0.15, -0.1) is 0 Å². The molecule has 0 aliphatic heterocycles. The molecule has 0 spiro atoms. The average Bonchev–Trinajstić information content (AvgIpc) is 2.57. The lowest BCUT2D eigenvalue weighted by Gasteiger charge is -2.38. The first kappa shape index (κ1) is 17.4. The van der Waals surface area contributed by atoms with Crippen molar-refractivity contribution in [3.05, 3.63) is 48.0 Å². The van der Waals surface area contributed by atoms with Gasteiger partial charge in [0.2, 0.25) is 0 Å². The molecule has 0 radical (unpaired) electrons. The smallest absolute Gasteiger partial charge is 0.308 e. The molecule has 1 atom stereocenters. The van der Waals surface area contributed by atoms with E-state index in [9.17, 15) is 14.7 Å². The lowest BCUT2D eigenvalue weighted by Crippen LogP contribution is -2.54. The largest absolute Gasteiger partial charge is 0.481 e. The highest BCUT2D eigenvalue weighted by Crippen LogP contribution is 2.35. The minimum absolute atomic E-state index is 0.103. The summed E-state index contributed by atoms with van der Waals surface area (Å²) in [5.41, 5.74) is 0.192. The number of carbonyl (C=O) groups is 2. The number of rotatable bonds is 7. The third-order valence-corrected chi connectivity index (χ3v) is 5.12. The van der Waals surface area contributed by atoms with Gasteiger partial charge in [-0.1, -0.05) is 42.5 Å². The first-order chi connectivity index (χ1) is 12.0. The van der Waals surface area contributed by atoms with E-state index in [1.807, 2.05) is 42.5 Å². The van der Waals surface area contributed by atoms with Gasteiger partial charge in [0, 0.05) is 13.7 Å². The van der Waals surface area contributed by atoms with Crippen LogP contribution in [0, 0.1) is 5.92 Å². The summed E-state index contributed by atoms with van der Waals surface area (Å²) in [4.78, 5) is 23.9. The molecule has 3 rings (SSSR count). The normalized spacial score (nSPS) is 16.8. The van der Waals surface area contributed by atoms with E-state index in [1.54, 1.807) is 0 Å². The van der Waals surface area contributed by atoms with Crippen molar-refractivity contribution in [3.8, 4) is 0 Å². The molecule has 0 heterocycles. The maximum absolute atomic E-state index is 12.3. The maximum atomic E-state index is 12.3. The van der Waals surface area contributed by atoms with Crippen LogP contribution in [0.4, 0.5) is 0 Å². The quantitative estimate of drug-likeness (QED) is 0.812. The SMILES string of the molecule is COC1(C(=O)NCC(Cc2ccc3ccccc3c2)C(=O)O)CCC1. The van der Waals surface area contributed by atoms with Crippen LogP contribution < -0.4 is 5.32 Å². The monoisotopic (exact) mass is 341 g/mol. The van der Waals surface area contributed by atoms with E-state index in [1.165, 1.54) is 7.11 Å². The molecule has 0 aromatic heterocycles. The predicted octanol–water partition coefficient (Wildman–Crippen LogP) is 2.77. The van der Waals surface area contributed by atoms with Crippen molar-refractivity contribution >= 4 is 22.6 Å². The number of methoxy groups -OCH3 is 1. The van der Waals surface area contributed by atoms with Gasteiger partial charge in [-0.3, -0.25) is 9.59 Å². The van der Waals surface area contributed by atoms with Crippen LogP contribution in [0.1, 0.15) is 24.8 Å².